The first-order valence-electron chi connectivity index (χ1n) is 4.80. The van der Waals surface area contributed by atoms with Gasteiger partial charge in [-0.15, -0.1) is 0 Å². The molecule has 2 rings (SSSR count). The SMILES string of the molecule is Cc1ccnc(Nc2cccc(F)c2)c1Br. The Hall–Kier alpha value is -1.42. The highest BCUT2D eigenvalue weighted by Crippen LogP contribution is 2.26. The van der Waals surface area contributed by atoms with Crippen molar-refractivity contribution in [2.75, 3.05) is 5.32 Å². The summed E-state index contributed by atoms with van der Waals surface area (Å²) in [5, 5.41) is 3.06. The van der Waals surface area contributed by atoms with E-state index in [-0.39, 0.29) is 5.82 Å². The molecule has 0 aliphatic rings. The standard InChI is InChI=1S/C12H10BrFN2/c1-8-5-6-15-12(11(8)13)16-10-4-2-3-9(14)7-10/h2-7H,1H3,(H,15,16). The Kier molecular flexibility index (Phi) is 3.19. The first kappa shape index (κ1) is 11.1. The minimum absolute atomic E-state index is 0.270. The summed E-state index contributed by atoms with van der Waals surface area (Å²) < 4.78 is 13.9. The van der Waals surface area contributed by atoms with Crippen LogP contribution in [0.15, 0.2) is 41.0 Å². The van der Waals surface area contributed by atoms with Gasteiger partial charge in [0.2, 0.25) is 0 Å². The molecule has 0 aliphatic heterocycles. The Balaban J connectivity index is 2.31. The first-order chi connectivity index (χ1) is 7.66. The smallest absolute Gasteiger partial charge is 0.144 e. The molecule has 1 heterocycles. The quantitative estimate of drug-likeness (QED) is 0.898. The zero-order chi connectivity index (χ0) is 11.5. The van der Waals surface area contributed by atoms with Gasteiger partial charge < -0.3 is 5.32 Å². The fourth-order valence-corrected chi connectivity index (χ4v) is 1.66. The average Bonchev–Trinajstić information content (AvgIpc) is 2.25. The number of aromatic nitrogens is 1. The van der Waals surface area contributed by atoms with Crippen molar-refractivity contribution in [2.24, 2.45) is 0 Å². The van der Waals surface area contributed by atoms with Crippen molar-refractivity contribution in [1.82, 2.24) is 4.98 Å². The fraction of sp³-hybridized carbons (Fsp3) is 0.0833. The number of nitrogens with zero attached hydrogens (tertiary/aromatic N) is 1. The number of anilines is 2. The van der Waals surface area contributed by atoms with Crippen molar-refractivity contribution in [2.45, 2.75) is 6.92 Å². The average molecular weight is 281 g/mol. The summed E-state index contributed by atoms with van der Waals surface area (Å²) in [5.41, 5.74) is 1.76. The maximum atomic E-state index is 13.0. The predicted molar refractivity (Wildman–Crippen MR) is 66.4 cm³/mol. The van der Waals surface area contributed by atoms with Gasteiger partial charge >= 0.3 is 0 Å². The highest BCUT2D eigenvalue weighted by Gasteiger charge is 2.04. The van der Waals surface area contributed by atoms with Crippen molar-refractivity contribution >= 4 is 27.4 Å². The van der Waals surface area contributed by atoms with E-state index < -0.39 is 0 Å². The lowest BCUT2D eigenvalue weighted by Crippen LogP contribution is -1.95. The Morgan fingerprint density at radius 2 is 2.12 bits per heavy atom. The second-order valence-corrected chi connectivity index (χ2v) is 4.22. The molecule has 1 N–H and O–H groups in total. The molecule has 0 amide bonds. The van der Waals surface area contributed by atoms with Crippen LogP contribution >= 0.6 is 15.9 Å². The van der Waals surface area contributed by atoms with Crippen molar-refractivity contribution in [3.05, 3.63) is 52.4 Å². The summed E-state index contributed by atoms with van der Waals surface area (Å²) in [4.78, 5) is 4.18. The van der Waals surface area contributed by atoms with Gasteiger partial charge in [0, 0.05) is 11.9 Å². The van der Waals surface area contributed by atoms with Gasteiger partial charge in [0.1, 0.15) is 11.6 Å². The summed E-state index contributed by atoms with van der Waals surface area (Å²) >= 11 is 3.44. The van der Waals surface area contributed by atoms with E-state index in [1.54, 1.807) is 18.3 Å². The van der Waals surface area contributed by atoms with Crippen LogP contribution in [0.4, 0.5) is 15.9 Å². The molecule has 0 atom stereocenters. The van der Waals surface area contributed by atoms with Crippen molar-refractivity contribution in [3.8, 4) is 0 Å². The van der Waals surface area contributed by atoms with Crippen LogP contribution in [0.5, 0.6) is 0 Å². The maximum Gasteiger partial charge on any atom is 0.144 e. The second-order valence-electron chi connectivity index (χ2n) is 3.43. The Morgan fingerprint density at radius 3 is 2.88 bits per heavy atom. The van der Waals surface area contributed by atoms with Gasteiger partial charge in [0.15, 0.2) is 0 Å². The number of pyridine rings is 1. The van der Waals surface area contributed by atoms with Gasteiger partial charge in [-0.05, 0) is 52.7 Å². The molecule has 1 aromatic heterocycles. The Bertz CT molecular complexity index is 514. The van der Waals surface area contributed by atoms with Crippen LogP contribution in [0, 0.1) is 12.7 Å². The molecule has 0 aliphatic carbocycles. The number of halogens is 2. The molecule has 0 saturated heterocycles. The van der Waals surface area contributed by atoms with E-state index in [0.717, 1.165) is 10.0 Å². The number of benzene rings is 1. The van der Waals surface area contributed by atoms with Crippen molar-refractivity contribution < 1.29 is 4.39 Å². The van der Waals surface area contributed by atoms with Gasteiger partial charge in [0.25, 0.3) is 0 Å². The molecule has 1 aromatic carbocycles. The van der Waals surface area contributed by atoms with Gasteiger partial charge in [-0.1, -0.05) is 6.07 Å². The fourth-order valence-electron chi connectivity index (χ4n) is 1.33. The van der Waals surface area contributed by atoms with Gasteiger partial charge in [-0.3, -0.25) is 0 Å². The monoisotopic (exact) mass is 280 g/mol. The zero-order valence-corrected chi connectivity index (χ0v) is 10.3. The van der Waals surface area contributed by atoms with Crippen LogP contribution in [0.1, 0.15) is 5.56 Å². The molecule has 0 unspecified atom stereocenters. The van der Waals surface area contributed by atoms with Crippen LogP contribution in [-0.2, 0) is 0 Å². The van der Waals surface area contributed by atoms with Crippen molar-refractivity contribution in [3.63, 3.8) is 0 Å². The molecule has 2 nitrogen and oxygen atoms in total. The molecule has 0 radical (unpaired) electrons. The number of hydrogen-bond acceptors (Lipinski definition) is 2. The van der Waals surface area contributed by atoms with Crippen molar-refractivity contribution in [1.29, 1.82) is 0 Å². The van der Waals surface area contributed by atoms with E-state index in [4.69, 9.17) is 0 Å². The Labute approximate surface area is 102 Å². The molecule has 4 heteroatoms. The highest BCUT2D eigenvalue weighted by molar-refractivity contribution is 9.10. The lowest BCUT2D eigenvalue weighted by molar-refractivity contribution is 0.628. The molecule has 0 saturated carbocycles. The summed E-state index contributed by atoms with van der Waals surface area (Å²) in [5.74, 6) is 0.416. The van der Waals surface area contributed by atoms with E-state index in [1.807, 2.05) is 13.0 Å². The lowest BCUT2D eigenvalue weighted by Gasteiger charge is -2.08. The maximum absolute atomic E-state index is 13.0. The number of rotatable bonds is 2. The summed E-state index contributed by atoms with van der Waals surface area (Å²) in [6.45, 7) is 1.97. The molecule has 0 spiro atoms. The number of aryl methyl sites for hydroxylation is 1. The molecular weight excluding hydrogens is 271 g/mol. The minimum atomic E-state index is -0.270. The Morgan fingerprint density at radius 1 is 1.31 bits per heavy atom. The van der Waals surface area contributed by atoms with E-state index in [9.17, 15) is 4.39 Å². The molecule has 82 valence electrons. The summed E-state index contributed by atoms with van der Waals surface area (Å²) in [6.07, 6.45) is 1.71. The molecule has 16 heavy (non-hydrogen) atoms. The van der Waals surface area contributed by atoms with Gasteiger partial charge in [0.05, 0.1) is 4.47 Å². The zero-order valence-electron chi connectivity index (χ0n) is 8.67. The molecule has 2 aromatic rings. The molecule has 0 fully saturated rings. The van der Waals surface area contributed by atoms with E-state index in [0.29, 0.717) is 11.5 Å². The third kappa shape index (κ3) is 2.39. The normalized spacial score (nSPS) is 10.2. The van der Waals surface area contributed by atoms with Crippen LogP contribution in [-0.4, -0.2) is 4.98 Å². The number of nitrogens with one attached hydrogen (secondary N) is 1. The topological polar surface area (TPSA) is 24.9 Å². The highest BCUT2D eigenvalue weighted by atomic mass is 79.9. The van der Waals surface area contributed by atoms with Crippen LogP contribution in [0.2, 0.25) is 0 Å². The second kappa shape index (κ2) is 4.61. The summed E-state index contributed by atoms with van der Waals surface area (Å²) in [7, 11) is 0. The van der Waals surface area contributed by atoms with Crippen LogP contribution in [0.3, 0.4) is 0 Å². The largest absolute Gasteiger partial charge is 0.339 e. The third-order valence-corrected chi connectivity index (χ3v) is 3.17. The predicted octanol–water partition coefficient (Wildman–Crippen LogP) is 4.04. The van der Waals surface area contributed by atoms with Crippen LogP contribution in [0.25, 0.3) is 0 Å². The van der Waals surface area contributed by atoms with Gasteiger partial charge in [-0.2, -0.15) is 0 Å². The molecular formula is C12H10BrFN2. The lowest BCUT2D eigenvalue weighted by atomic mass is 10.3. The number of hydrogen-bond donors (Lipinski definition) is 1. The van der Waals surface area contributed by atoms with E-state index >= 15 is 0 Å². The third-order valence-electron chi connectivity index (χ3n) is 2.17. The van der Waals surface area contributed by atoms with Crippen LogP contribution < -0.4 is 5.32 Å². The first-order valence-corrected chi connectivity index (χ1v) is 5.60. The molecule has 0 bridgehead atoms. The summed E-state index contributed by atoms with van der Waals surface area (Å²) in [6, 6.07) is 8.18. The van der Waals surface area contributed by atoms with Gasteiger partial charge in [-0.25, -0.2) is 9.37 Å². The van der Waals surface area contributed by atoms with E-state index in [2.05, 4.69) is 26.2 Å². The van der Waals surface area contributed by atoms with E-state index in [1.165, 1.54) is 12.1 Å². The minimum Gasteiger partial charge on any atom is -0.339 e.